The van der Waals surface area contributed by atoms with Crippen LogP contribution in [0, 0.1) is 5.92 Å². The van der Waals surface area contributed by atoms with E-state index in [1.807, 2.05) is 13.8 Å². The SMILES string of the molecule is CC.CC1CC1.CCCCCCC. The highest BCUT2D eigenvalue weighted by atomic mass is 14.2. The quantitative estimate of drug-likeness (QED) is 0.514. The standard InChI is InChI=1S/C7H16.C4H8.C2H6/c1-3-5-7-6-4-2;1-4-2-3-4;1-2/h3-7H2,1-2H3;4H,2-3H2,1H3;1-2H3. The highest BCUT2D eigenvalue weighted by molar-refractivity contribution is 4.65. The molecule has 0 aliphatic heterocycles. The van der Waals surface area contributed by atoms with Gasteiger partial charge < -0.3 is 0 Å². The maximum atomic E-state index is 2.28. The van der Waals surface area contributed by atoms with Crippen molar-refractivity contribution in [3.8, 4) is 0 Å². The van der Waals surface area contributed by atoms with Crippen molar-refractivity contribution in [2.75, 3.05) is 0 Å². The van der Waals surface area contributed by atoms with Crippen LogP contribution in [0.2, 0.25) is 0 Å². The Balaban J connectivity index is 0. The molecule has 0 saturated heterocycles. The molecule has 82 valence electrons. The lowest BCUT2D eigenvalue weighted by molar-refractivity contribution is 0.656. The third-order valence-corrected chi connectivity index (χ3v) is 2.07. The molecule has 0 amide bonds. The molecule has 1 saturated carbocycles. The van der Waals surface area contributed by atoms with Crippen LogP contribution in [0.4, 0.5) is 0 Å². The molecule has 0 heteroatoms. The molecule has 0 N–H and O–H groups in total. The zero-order chi connectivity index (χ0) is 10.5. The summed E-state index contributed by atoms with van der Waals surface area (Å²) in [5.41, 5.74) is 0. The molecular formula is C13H30. The molecule has 0 bridgehead atoms. The monoisotopic (exact) mass is 186 g/mol. The average molecular weight is 186 g/mol. The van der Waals surface area contributed by atoms with E-state index in [2.05, 4.69) is 20.8 Å². The maximum Gasteiger partial charge on any atom is -0.0443 e. The summed E-state index contributed by atoms with van der Waals surface area (Å²) in [7, 11) is 0. The smallest absolute Gasteiger partial charge is 0.0443 e. The van der Waals surface area contributed by atoms with Gasteiger partial charge in [-0.1, -0.05) is 79.6 Å². The lowest BCUT2D eigenvalue weighted by Crippen LogP contribution is -1.70. The number of rotatable bonds is 4. The van der Waals surface area contributed by atoms with Crippen LogP contribution in [-0.2, 0) is 0 Å². The van der Waals surface area contributed by atoms with Crippen LogP contribution < -0.4 is 0 Å². The van der Waals surface area contributed by atoms with Crippen LogP contribution in [-0.4, -0.2) is 0 Å². The van der Waals surface area contributed by atoms with Crippen LogP contribution in [0.15, 0.2) is 0 Å². The van der Waals surface area contributed by atoms with Crippen molar-refractivity contribution >= 4 is 0 Å². The molecule has 0 radical (unpaired) electrons. The minimum atomic E-state index is 1.08. The first-order chi connectivity index (χ1) is 6.31. The first kappa shape index (κ1) is 15.5. The molecule has 0 nitrogen and oxygen atoms in total. The second-order valence-corrected chi connectivity index (χ2v) is 3.74. The van der Waals surface area contributed by atoms with Crippen molar-refractivity contribution < 1.29 is 0 Å². The first-order valence-corrected chi connectivity index (χ1v) is 6.31. The Morgan fingerprint density at radius 3 is 1.31 bits per heavy atom. The molecule has 1 aliphatic carbocycles. The van der Waals surface area contributed by atoms with Crippen LogP contribution >= 0.6 is 0 Å². The summed E-state index contributed by atoms with van der Waals surface area (Å²) in [5, 5.41) is 0. The molecule has 13 heavy (non-hydrogen) atoms. The Kier molecular flexibility index (Phi) is 17.3. The van der Waals surface area contributed by atoms with Crippen molar-refractivity contribution in [1.29, 1.82) is 0 Å². The fraction of sp³-hybridized carbons (Fsp3) is 1.00. The van der Waals surface area contributed by atoms with Crippen molar-refractivity contribution in [1.82, 2.24) is 0 Å². The van der Waals surface area contributed by atoms with Crippen molar-refractivity contribution in [3.05, 3.63) is 0 Å². The van der Waals surface area contributed by atoms with Crippen LogP contribution in [0.1, 0.15) is 79.6 Å². The Labute approximate surface area is 86.1 Å². The van der Waals surface area contributed by atoms with E-state index in [4.69, 9.17) is 0 Å². The van der Waals surface area contributed by atoms with Gasteiger partial charge in [0.2, 0.25) is 0 Å². The van der Waals surface area contributed by atoms with Gasteiger partial charge in [-0.2, -0.15) is 0 Å². The van der Waals surface area contributed by atoms with E-state index in [9.17, 15) is 0 Å². The number of unbranched alkanes of at least 4 members (excludes halogenated alkanes) is 4. The summed E-state index contributed by atoms with van der Waals surface area (Å²) in [5.74, 6) is 1.08. The molecule has 0 aromatic rings. The molecule has 1 aliphatic rings. The van der Waals surface area contributed by atoms with Gasteiger partial charge in [0.05, 0.1) is 0 Å². The topological polar surface area (TPSA) is 0 Å². The Hall–Kier alpha value is 0. The molecule has 0 atom stereocenters. The third-order valence-electron chi connectivity index (χ3n) is 2.07. The lowest BCUT2D eigenvalue weighted by atomic mass is 10.2. The van der Waals surface area contributed by atoms with Gasteiger partial charge in [-0.3, -0.25) is 0 Å². The summed E-state index contributed by atoms with van der Waals surface area (Å²) in [4.78, 5) is 0. The largest absolute Gasteiger partial charge is 0.0683 e. The predicted molar refractivity (Wildman–Crippen MR) is 64.2 cm³/mol. The molecule has 1 fully saturated rings. The van der Waals surface area contributed by atoms with Gasteiger partial charge in [-0.25, -0.2) is 0 Å². The maximum absolute atomic E-state index is 2.28. The minimum Gasteiger partial charge on any atom is -0.0683 e. The van der Waals surface area contributed by atoms with Gasteiger partial charge in [0.15, 0.2) is 0 Å². The Morgan fingerprint density at radius 1 is 0.846 bits per heavy atom. The summed E-state index contributed by atoms with van der Waals surface area (Å²) < 4.78 is 0. The van der Waals surface area contributed by atoms with E-state index in [1.165, 1.54) is 44.9 Å². The fourth-order valence-electron chi connectivity index (χ4n) is 0.843. The number of hydrogen-bond donors (Lipinski definition) is 0. The molecule has 1 rings (SSSR count). The summed E-state index contributed by atoms with van der Waals surface area (Å²) >= 11 is 0. The van der Waals surface area contributed by atoms with Crippen LogP contribution in [0.5, 0.6) is 0 Å². The lowest BCUT2D eigenvalue weighted by Gasteiger charge is -1.90. The zero-order valence-electron chi connectivity index (χ0n) is 10.5. The molecule has 0 spiro atoms. The summed E-state index contributed by atoms with van der Waals surface area (Å²) in [6.07, 6.45) is 9.98. The molecule has 0 aromatic heterocycles. The molecule has 0 aromatic carbocycles. The van der Waals surface area contributed by atoms with E-state index in [0.29, 0.717) is 0 Å². The Morgan fingerprint density at radius 2 is 1.15 bits per heavy atom. The molecular weight excluding hydrogens is 156 g/mol. The second-order valence-electron chi connectivity index (χ2n) is 3.74. The van der Waals surface area contributed by atoms with E-state index in [-0.39, 0.29) is 0 Å². The summed E-state index contributed by atoms with van der Waals surface area (Å²) in [6.45, 7) is 10.8. The van der Waals surface area contributed by atoms with Crippen molar-refractivity contribution in [2.24, 2.45) is 5.92 Å². The van der Waals surface area contributed by atoms with Gasteiger partial charge in [0, 0.05) is 0 Å². The predicted octanol–water partition coefficient (Wildman–Crippen LogP) is 5.42. The molecule has 0 unspecified atom stereocenters. The van der Waals surface area contributed by atoms with E-state index >= 15 is 0 Å². The van der Waals surface area contributed by atoms with Crippen molar-refractivity contribution in [2.45, 2.75) is 79.6 Å². The van der Waals surface area contributed by atoms with Crippen LogP contribution in [0.25, 0.3) is 0 Å². The molecule has 0 heterocycles. The minimum absolute atomic E-state index is 1.08. The van der Waals surface area contributed by atoms with Gasteiger partial charge in [-0.05, 0) is 5.92 Å². The van der Waals surface area contributed by atoms with Crippen molar-refractivity contribution in [3.63, 3.8) is 0 Å². The average Bonchev–Trinajstić information content (AvgIpc) is 2.93. The third kappa shape index (κ3) is 24.5. The second kappa shape index (κ2) is 14.5. The summed E-state index contributed by atoms with van der Waals surface area (Å²) in [6, 6.07) is 0. The van der Waals surface area contributed by atoms with E-state index in [0.717, 1.165) is 5.92 Å². The van der Waals surface area contributed by atoms with E-state index < -0.39 is 0 Å². The van der Waals surface area contributed by atoms with Gasteiger partial charge in [0.1, 0.15) is 0 Å². The van der Waals surface area contributed by atoms with Gasteiger partial charge >= 0.3 is 0 Å². The van der Waals surface area contributed by atoms with Gasteiger partial charge in [-0.15, -0.1) is 0 Å². The highest BCUT2D eigenvalue weighted by Crippen LogP contribution is 2.26. The van der Waals surface area contributed by atoms with E-state index in [1.54, 1.807) is 0 Å². The van der Waals surface area contributed by atoms with Crippen LogP contribution in [0.3, 0.4) is 0 Å². The van der Waals surface area contributed by atoms with Gasteiger partial charge in [0.25, 0.3) is 0 Å². The highest BCUT2D eigenvalue weighted by Gasteiger charge is 2.12. The number of hydrogen-bond acceptors (Lipinski definition) is 0. The Bertz CT molecular complexity index is 58.4. The normalized spacial score (nSPS) is 13.6. The zero-order valence-corrected chi connectivity index (χ0v) is 10.5. The fourth-order valence-corrected chi connectivity index (χ4v) is 0.843. The first-order valence-electron chi connectivity index (χ1n) is 6.31.